The Morgan fingerprint density at radius 2 is 2.06 bits per heavy atom. The summed E-state index contributed by atoms with van der Waals surface area (Å²) in [6.45, 7) is 2.88. The van der Waals surface area contributed by atoms with Gasteiger partial charge in [0.15, 0.2) is 5.82 Å². The minimum absolute atomic E-state index is 0.0690. The minimum Gasteiger partial charge on any atom is -0.397 e. The summed E-state index contributed by atoms with van der Waals surface area (Å²) in [5, 5.41) is 2.98. The van der Waals surface area contributed by atoms with E-state index in [4.69, 9.17) is 23.1 Å². The van der Waals surface area contributed by atoms with Gasteiger partial charge in [-0.15, -0.1) is 0 Å². The Labute approximate surface area is 105 Å². The summed E-state index contributed by atoms with van der Waals surface area (Å²) < 4.78 is 13.9. The van der Waals surface area contributed by atoms with Crippen molar-refractivity contribution in [3.05, 3.63) is 16.9 Å². The number of nitrogen functional groups attached to an aromatic ring is 2. The predicted octanol–water partition coefficient (Wildman–Crippen LogP) is 3.25. The van der Waals surface area contributed by atoms with Gasteiger partial charge in [0.25, 0.3) is 0 Å². The molecule has 0 heterocycles. The van der Waals surface area contributed by atoms with Gasteiger partial charge in [-0.25, -0.2) is 4.39 Å². The van der Waals surface area contributed by atoms with E-state index >= 15 is 0 Å². The van der Waals surface area contributed by atoms with Crippen molar-refractivity contribution in [2.24, 2.45) is 5.41 Å². The molecule has 2 rings (SSSR count). The van der Waals surface area contributed by atoms with E-state index in [0.717, 1.165) is 12.8 Å². The number of benzene rings is 1. The van der Waals surface area contributed by atoms with Crippen LogP contribution >= 0.6 is 11.6 Å². The number of rotatable bonds is 3. The van der Waals surface area contributed by atoms with Gasteiger partial charge in [0.1, 0.15) is 5.02 Å². The molecule has 0 saturated heterocycles. The van der Waals surface area contributed by atoms with Crippen molar-refractivity contribution in [3.63, 3.8) is 0 Å². The second kappa shape index (κ2) is 4.26. The molecular weight excluding hydrogens is 241 g/mol. The van der Waals surface area contributed by atoms with Gasteiger partial charge in [-0.2, -0.15) is 0 Å². The van der Waals surface area contributed by atoms with Crippen LogP contribution in [-0.4, -0.2) is 6.54 Å². The monoisotopic (exact) mass is 257 g/mol. The van der Waals surface area contributed by atoms with Crippen LogP contribution in [0.2, 0.25) is 5.02 Å². The van der Waals surface area contributed by atoms with Crippen LogP contribution in [0.1, 0.15) is 26.2 Å². The SMILES string of the molecule is CC1(CNc2c(N)cc(N)c(Cl)c2F)CCC1. The number of anilines is 3. The van der Waals surface area contributed by atoms with Gasteiger partial charge in [0.2, 0.25) is 0 Å². The van der Waals surface area contributed by atoms with Gasteiger partial charge in [-0.05, 0) is 24.3 Å². The largest absolute Gasteiger partial charge is 0.397 e. The first-order valence-electron chi connectivity index (χ1n) is 5.70. The van der Waals surface area contributed by atoms with E-state index in [1.165, 1.54) is 12.5 Å². The van der Waals surface area contributed by atoms with Gasteiger partial charge in [-0.3, -0.25) is 0 Å². The van der Waals surface area contributed by atoms with Crippen molar-refractivity contribution < 1.29 is 4.39 Å². The molecule has 17 heavy (non-hydrogen) atoms. The highest BCUT2D eigenvalue weighted by Gasteiger charge is 2.31. The van der Waals surface area contributed by atoms with Crippen molar-refractivity contribution in [1.29, 1.82) is 0 Å². The molecule has 1 aliphatic rings. The number of hydrogen-bond donors (Lipinski definition) is 3. The predicted molar refractivity (Wildman–Crippen MR) is 70.7 cm³/mol. The molecule has 94 valence electrons. The van der Waals surface area contributed by atoms with E-state index in [2.05, 4.69) is 12.2 Å². The first-order chi connectivity index (χ1) is 7.93. The van der Waals surface area contributed by atoms with Crippen molar-refractivity contribution in [2.75, 3.05) is 23.3 Å². The summed E-state index contributed by atoms with van der Waals surface area (Å²) in [5.41, 5.74) is 12.2. The molecule has 3 nitrogen and oxygen atoms in total. The Morgan fingerprint density at radius 3 is 2.59 bits per heavy atom. The molecule has 0 atom stereocenters. The highest BCUT2D eigenvalue weighted by Crippen LogP contribution is 2.41. The zero-order chi connectivity index (χ0) is 12.6. The summed E-state index contributed by atoms with van der Waals surface area (Å²) in [6, 6.07) is 1.48. The molecular formula is C12H17ClFN3. The fourth-order valence-corrected chi connectivity index (χ4v) is 2.25. The first kappa shape index (κ1) is 12.3. The number of nitrogens with one attached hydrogen (secondary N) is 1. The third kappa shape index (κ3) is 2.27. The molecule has 0 spiro atoms. The smallest absolute Gasteiger partial charge is 0.169 e. The van der Waals surface area contributed by atoms with Crippen molar-refractivity contribution in [3.8, 4) is 0 Å². The molecule has 1 saturated carbocycles. The molecule has 0 aromatic heterocycles. The zero-order valence-corrected chi connectivity index (χ0v) is 10.6. The molecule has 0 amide bonds. The standard InChI is InChI=1S/C12H17ClFN3/c1-12(3-2-4-12)6-17-11-8(16)5-7(15)9(13)10(11)14/h5,17H,2-4,6,15-16H2,1H3. The lowest BCUT2D eigenvalue weighted by Gasteiger charge is -2.38. The average molecular weight is 258 g/mol. The Bertz CT molecular complexity index is 444. The minimum atomic E-state index is -0.563. The topological polar surface area (TPSA) is 64.1 Å². The molecule has 1 aromatic rings. The summed E-state index contributed by atoms with van der Waals surface area (Å²) in [4.78, 5) is 0. The fraction of sp³-hybridized carbons (Fsp3) is 0.500. The molecule has 5 heteroatoms. The normalized spacial score (nSPS) is 17.6. The average Bonchev–Trinajstić information content (AvgIpc) is 2.23. The summed E-state index contributed by atoms with van der Waals surface area (Å²) in [7, 11) is 0. The second-order valence-corrected chi connectivity index (χ2v) is 5.45. The highest BCUT2D eigenvalue weighted by molar-refractivity contribution is 6.33. The van der Waals surface area contributed by atoms with Crippen LogP contribution < -0.4 is 16.8 Å². The quantitative estimate of drug-likeness (QED) is 0.729. The van der Waals surface area contributed by atoms with Crippen molar-refractivity contribution in [2.45, 2.75) is 26.2 Å². The van der Waals surface area contributed by atoms with E-state index in [0.29, 0.717) is 12.2 Å². The second-order valence-electron chi connectivity index (χ2n) is 5.08. The Kier molecular flexibility index (Phi) is 3.08. The van der Waals surface area contributed by atoms with Crippen molar-refractivity contribution in [1.82, 2.24) is 0 Å². The maximum Gasteiger partial charge on any atom is 0.169 e. The van der Waals surface area contributed by atoms with E-state index in [1.807, 2.05) is 0 Å². The Hall–Kier alpha value is -1.16. The van der Waals surface area contributed by atoms with Crippen LogP contribution in [0.25, 0.3) is 0 Å². The molecule has 1 aliphatic carbocycles. The number of nitrogens with two attached hydrogens (primary N) is 2. The van der Waals surface area contributed by atoms with Crippen LogP contribution in [0.15, 0.2) is 6.07 Å². The summed E-state index contributed by atoms with van der Waals surface area (Å²) in [5.74, 6) is -0.563. The summed E-state index contributed by atoms with van der Waals surface area (Å²) >= 11 is 5.76. The van der Waals surface area contributed by atoms with Crippen molar-refractivity contribution >= 4 is 28.7 Å². The van der Waals surface area contributed by atoms with Gasteiger partial charge in [-0.1, -0.05) is 24.9 Å². The van der Waals surface area contributed by atoms with Crippen LogP contribution in [0.4, 0.5) is 21.5 Å². The third-order valence-corrected chi connectivity index (χ3v) is 3.90. The maximum atomic E-state index is 13.9. The lowest BCUT2D eigenvalue weighted by molar-refractivity contribution is 0.180. The molecule has 0 aliphatic heterocycles. The highest BCUT2D eigenvalue weighted by atomic mass is 35.5. The molecule has 5 N–H and O–H groups in total. The van der Waals surface area contributed by atoms with Gasteiger partial charge >= 0.3 is 0 Å². The van der Waals surface area contributed by atoms with Crippen LogP contribution in [-0.2, 0) is 0 Å². The molecule has 1 aromatic carbocycles. The Morgan fingerprint density at radius 1 is 1.41 bits per heavy atom. The fourth-order valence-electron chi connectivity index (χ4n) is 2.10. The molecule has 1 fully saturated rings. The summed E-state index contributed by atoms with van der Waals surface area (Å²) in [6.07, 6.45) is 3.55. The zero-order valence-electron chi connectivity index (χ0n) is 9.82. The molecule has 0 unspecified atom stereocenters. The van der Waals surface area contributed by atoms with Gasteiger partial charge in [0.05, 0.1) is 17.1 Å². The molecule has 0 radical (unpaired) electrons. The number of halogens is 2. The van der Waals surface area contributed by atoms with Crippen LogP contribution in [0.3, 0.4) is 0 Å². The first-order valence-corrected chi connectivity index (χ1v) is 6.07. The van der Waals surface area contributed by atoms with Crippen LogP contribution in [0, 0.1) is 11.2 Å². The lowest BCUT2D eigenvalue weighted by Crippen LogP contribution is -2.33. The van der Waals surface area contributed by atoms with E-state index < -0.39 is 5.82 Å². The van der Waals surface area contributed by atoms with E-state index in [1.54, 1.807) is 0 Å². The van der Waals surface area contributed by atoms with E-state index in [-0.39, 0.29) is 21.8 Å². The number of hydrogen-bond acceptors (Lipinski definition) is 3. The Balaban J connectivity index is 2.18. The van der Waals surface area contributed by atoms with Gasteiger partial charge in [0, 0.05) is 6.54 Å². The lowest BCUT2D eigenvalue weighted by atomic mass is 9.70. The van der Waals surface area contributed by atoms with Gasteiger partial charge < -0.3 is 16.8 Å². The third-order valence-electron chi connectivity index (χ3n) is 3.52. The van der Waals surface area contributed by atoms with Crippen LogP contribution in [0.5, 0.6) is 0 Å². The molecule has 0 bridgehead atoms. The van der Waals surface area contributed by atoms with E-state index in [9.17, 15) is 4.39 Å². The maximum absolute atomic E-state index is 13.9.